The van der Waals surface area contributed by atoms with Gasteiger partial charge in [0.1, 0.15) is 0 Å². The molecule has 0 aromatic carbocycles. The van der Waals surface area contributed by atoms with E-state index in [2.05, 4.69) is 36.2 Å². The fraction of sp³-hybridized carbons (Fsp3) is 0.875. The molecule has 0 amide bonds. The molecule has 1 aromatic rings. The number of tetrazole rings is 1. The van der Waals surface area contributed by atoms with Crippen molar-refractivity contribution in [3.05, 3.63) is 5.82 Å². The Morgan fingerprint density at radius 3 is 2.42 bits per heavy atom. The molecule has 0 bridgehead atoms. The zero-order valence-corrected chi connectivity index (χ0v) is 8.20. The number of aromatic nitrogens is 4. The minimum absolute atomic E-state index is 0.214. The summed E-state index contributed by atoms with van der Waals surface area (Å²) in [6, 6.07) is 0. The van der Waals surface area contributed by atoms with E-state index < -0.39 is 0 Å². The van der Waals surface area contributed by atoms with E-state index in [9.17, 15) is 0 Å². The molecule has 1 heterocycles. The fourth-order valence-corrected chi connectivity index (χ4v) is 0.909. The van der Waals surface area contributed by atoms with Crippen LogP contribution in [0.15, 0.2) is 0 Å². The van der Waals surface area contributed by atoms with Gasteiger partial charge in [0.15, 0.2) is 5.82 Å². The molecular formula is C8H16N4. The molecule has 0 radical (unpaired) electrons. The maximum Gasteiger partial charge on any atom is 0.174 e. The van der Waals surface area contributed by atoms with Crippen molar-refractivity contribution in [3.8, 4) is 0 Å². The molecule has 0 N–H and O–H groups in total. The molecule has 0 aliphatic heterocycles. The van der Waals surface area contributed by atoms with Crippen LogP contribution in [0, 0.1) is 5.41 Å². The molecule has 0 fully saturated rings. The smallest absolute Gasteiger partial charge is 0.164 e. The van der Waals surface area contributed by atoms with E-state index in [4.69, 9.17) is 0 Å². The van der Waals surface area contributed by atoms with Crippen molar-refractivity contribution in [2.24, 2.45) is 5.41 Å². The van der Waals surface area contributed by atoms with E-state index in [-0.39, 0.29) is 5.41 Å². The van der Waals surface area contributed by atoms with Crippen molar-refractivity contribution in [1.82, 2.24) is 20.2 Å². The first-order chi connectivity index (χ1) is 5.51. The first-order valence-corrected chi connectivity index (χ1v) is 4.28. The Morgan fingerprint density at radius 2 is 2.00 bits per heavy atom. The average Bonchev–Trinajstić information content (AvgIpc) is 2.32. The Morgan fingerprint density at radius 1 is 1.33 bits per heavy atom. The quantitative estimate of drug-likeness (QED) is 0.668. The topological polar surface area (TPSA) is 43.6 Å². The summed E-state index contributed by atoms with van der Waals surface area (Å²) in [5, 5.41) is 12.1. The molecule has 0 saturated heterocycles. The normalized spacial score (nSPS) is 12.0. The van der Waals surface area contributed by atoms with Crippen LogP contribution in [0.3, 0.4) is 0 Å². The van der Waals surface area contributed by atoms with Gasteiger partial charge >= 0.3 is 0 Å². The largest absolute Gasteiger partial charge is 0.174 e. The first-order valence-electron chi connectivity index (χ1n) is 4.28. The maximum absolute atomic E-state index is 4.21. The fourth-order valence-electron chi connectivity index (χ4n) is 0.909. The highest BCUT2D eigenvalue weighted by atomic mass is 15.6. The van der Waals surface area contributed by atoms with E-state index in [0.29, 0.717) is 0 Å². The molecular weight excluding hydrogens is 152 g/mol. The van der Waals surface area contributed by atoms with Crippen LogP contribution in [0.25, 0.3) is 0 Å². The van der Waals surface area contributed by atoms with Gasteiger partial charge in [0.05, 0.1) is 6.54 Å². The van der Waals surface area contributed by atoms with Crippen LogP contribution in [-0.4, -0.2) is 20.2 Å². The molecule has 1 aromatic heterocycles. The van der Waals surface area contributed by atoms with Gasteiger partial charge in [-0.2, -0.15) is 4.80 Å². The van der Waals surface area contributed by atoms with Crippen LogP contribution in [0.1, 0.15) is 33.5 Å². The molecule has 12 heavy (non-hydrogen) atoms. The lowest BCUT2D eigenvalue weighted by molar-refractivity contribution is 0.299. The lowest BCUT2D eigenvalue weighted by Gasteiger charge is -2.15. The van der Waals surface area contributed by atoms with Crippen molar-refractivity contribution in [3.63, 3.8) is 0 Å². The van der Waals surface area contributed by atoms with Gasteiger partial charge < -0.3 is 0 Å². The van der Waals surface area contributed by atoms with Crippen molar-refractivity contribution >= 4 is 0 Å². The summed E-state index contributed by atoms with van der Waals surface area (Å²) < 4.78 is 0. The van der Waals surface area contributed by atoms with Crippen molar-refractivity contribution in [2.45, 2.75) is 40.7 Å². The van der Waals surface area contributed by atoms with Crippen LogP contribution in [0.5, 0.6) is 0 Å². The highest BCUT2D eigenvalue weighted by Gasteiger charge is 2.12. The summed E-state index contributed by atoms with van der Waals surface area (Å²) in [4.78, 5) is 1.67. The molecule has 0 aliphatic carbocycles. The van der Waals surface area contributed by atoms with Crippen molar-refractivity contribution in [2.75, 3.05) is 0 Å². The van der Waals surface area contributed by atoms with Gasteiger partial charge in [0, 0.05) is 6.42 Å². The predicted molar refractivity (Wildman–Crippen MR) is 46.7 cm³/mol. The summed E-state index contributed by atoms with van der Waals surface area (Å²) in [6.07, 6.45) is 0.851. The number of nitrogens with zero attached hydrogens (tertiary/aromatic N) is 4. The minimum Gasteiger partial charge on any atom is -0.164 e. The second-order valence-electron chi connectivity index (χ2n) is 4.15. The Bertz CT molecular complexity index is 246. The Balaban J connectivity index is 2.64. The molecule has 68 valence electrons. The second-order valence-corrected chi connectivity index (χ2v) is 4.15. The Kier molecular flexibility index (Phi) is 2.45. The summed E-state index contributed by atoms with van der Waals surface area (Å²) in [5.74, 6) is 0.819. The number of hydrogen-bond donors (Lipinski definition) is 0. The number of hydrogen-bond acceptors (Lipinski definition) is 3. The van der Waals surface area contributed by atoms with Crippen LogP contribution in [0.2, 0.25) is 0 Å². The average molecular weight is 168 g/mol. The van der Waals surface area contributed by atoms with Gasteiger partial charge in [-0.15, -0.1) is 10.2 Å². The predicted octanol–water partition coefficient (Wildman–Crippen LogP) is 1.28. The number of aryl methyl sites for hydroxylation is 1. The SMILES string of the molecule is CCc1nnn(CC(C)(C)C)n1. The molecule has 0 aliphatic rings. The van der Waals surface area contributed by atoms with Gasteiger partial charge in [-0.1, -0.05) is 27.7 Å². The van der Waals surface area contributed by atoms with Gasteiger partial charge in [0.2, 0.25) is 0 Å². The summed E-state index contributed by atoms with van der Waals surface area (Å²) >= 11 is 0. The molecule has 4 nitrogen and oxygen atoms in total. The van der Waals surface area contributed by atoms with Crippen LogP contribution >= 0.6 is 0 Å². The van der Waals surface area contributed by atoms with Gasteiger partial charge in [-0.3, -0.25) is 0 Å². The second kappa shape index (κ2) is 3.21. The molecule has 1 rings (SSSR count). The number of rotatable bonds is 2. The zero-order chi connectivity index (χ0) is 9.19. The Labute approximate surface area is 73.0 Å². The van der Waals surface area contributed by atoms with Gasteiger partial charge in [-0.25, -0.2) is 0 Å². The zero-order valence-electron chi connectivity index (χ0n) is 8.20. The van der Waals surface area contributed by atoms with E-state index in [1.807, 2.05) is 6.92 Å². The van der Waals surface area contributed by atoms with Crippen LogP contribution in [-0.2, 0) is 13.0 Å². The van der Waals surface area contributed by atoms with E-state index in [1.165, 1.54) is 0 Å². The third kappa shape index (κ3) is 2.60. The van der Waals surface area contributed by atoms with Gasteiger partial charge in [-0.05, 0) is 10.6 Å². The van der Waals surface area contributed by atoms with E-state index in [1.54, 1.807) is 4.80 Å². The van der Waals surface area contributed by atoms with E-state index >= 15 is 0 Å². The molecule has 0 saturated carbocycles. The van der Waals surface area contributed by atoms with Gasteiger partial charge in [0.25, 0.3) is 0 Å². The third-order valence-electron chi connectivity index (χ3n) is 1.43. The van der Waals surface area contributed by atoms with Crippen LogP contribution in [0.4, 0.5) is 0 Å². The molecule has 0 atom stereocenters. The molecule has 0 unspecified atom stereocenters. The summed E-state index contributed by atoms with van der Waals surface area (Å²) in [5.41, 5.74) is 0.214. The third-order valence-corrected chi connectivity index (χ3v) is 1.43. The summed E-state index contributed by atoms with van der Waals surface area (Å²) in [6.45, 7) is 9.31. The van der Waals surface area contributed by atoms with Crippen molar-refractivity contribution in [1.29, 1.82) is 0 Å². The monoisotopic (exact) mass is 168 g/mol. The van der Waals surface area contributed by atoms with E-state index in [0.717, 1.165) is 18.8 Å². The van der Waals surface area contributed by atoms with Crippen LogP contribution < -0.4 is 0 Å². The lowest BCUT2D eigenvalue weighted by Crippen LogP contribution is -2.17. The minimum atomic E-state index is 0.214. The molecule has 0 spiro atoms. The Hall–Kier alpha value is -0.930. The van der Waals surface area contributed by atoms with Crippen molar-refractivity contribution < 1.29 is 0 Å². The highest BCUT2D eigenvalue weighted by molar-refractivity contribution is 4.74. The maximum atomic E-state index is 4.21. The summed E-state index contributed by atoms with van der Waals surface area (Å²) in [7, 11) is 0. The first kappa shape index (κ1) is 9.16. The highest BCUT2D eigenvalue weighted by Crippen LogP contribution is 2.14. The standard InChI is InChI=1S/C8H16N4/c1-5-7-9-11-12(10-7)6-8(2,3)4/h5-6H2,1-4H3. The molecule has 4 heteroatoms. The lowest BCUT2D eigenvalue weighted by atomic mass is 9.97.